The molecule has 9 heteroatoms. The van der Waals surface area contributed by atoms with Gasteiger partial charge in [0.2, 0.25) is 0 Å². The molecule has 0 spiro atoms. The van der Waals surface area contributed by atoms with Crippen molar-refractivity contribution < 1.29 is 13.2 Å². The maximum Gasteiger partial charge on any atom is 0.252 e. The van der Waals surface area contributed by atoms with Crippen LogP contribution in [0.2, 0.25) is 0 Å². The lowest BCUT2D eigenvalue weighted by molar-refractivity contribution is -0.114. The smallest absolute Gasteiger partial charge is 0.252 e. The van der Waals surface area contributed by atoms with E-state index in [9.17, 15) is 13.2 Å². The van der Waals surface area contributed by atoms with E-state index < -0.39 is 15.7 Å². The van der Waals surface area contributed by atoms with E-state index >= 15 is 0 Å². The predicted molar refractivity (Wildman–Crippen MR) is 133 cm³/mol. The van der Waals surface area contributed by atoms with Crippen LogP contribution in [0.15, 0.2) is 69.3 Å². The zero-order valence-electron chi connectivity index (χ0n) is 19.5. The number of benzene rings is 1. The van der Waals surface area contributed by atoms with Crippen molar-refractivity contribution in [3.8, 4) is 0 Å². The Kier molecular flexibility index (Phi) is 8.10. The molecule has 0 aliphatic carbocycles. The Morgan fingerprint density at radius 2 is 2.12 bits per heavy atom. The topological polar surface area (TPSA) is 117 Å². The van der Waals surface area contributed by atoms with Gasteiger partial charge < -0.3 is 16.4 Å². The van der Waals surface area contributed by atoms with Gasteiger partial charge in [0, 0.05) is 18.0 Å². The molecule has 2 aliphatic heterocycles. The number of nitrogens with zero attached hydrogens (tertiary/aromatic N) is 2. The van der Waals surface area contributed by atoms with E-state index in [0.717, 1.165) is 37.8 Å². The Morgan fingerprint density at radius 3 is 2.79 bits per heavy atom. The average molecular weight is 472 g/mol. The number of hydrogen-bond donors (Lipinski definition) is 3. The lowest BCUT2D eigenvalue weighted by Gasteiger charge is -2.23. The van der Waals surface area contributed by atoms with E-state index in [1.54, 1.807) is 24.3 Å². The molecule has 1 unspecified atom stereocenters. The first-order valence-electron chi connectivity index (χ1n) is 11.3. The molecule has 1 aromatic rings. The summed E-state index contributed by atoms with van der Waals surface area (Å²) in [5.41, 5.74) is 7.42. The number of anilines is 1. The fraction of sp³-hybridized carbons (Fsp3) is 0.417. The van der Waals surface area contributed by atoms with Gasteiger partial charge >= 0.3 is 0 Å². The first kappa shape index (κ1) is 24.7. The molecule has 1 saturated heterocycles. The number of sulfone groups is 1. The van der Waals surface area contributed by atoms with Gasteiger partial charge in [-0.05, 0) is 62.2 Å². The number of nitrogens with two attached hydrogens (primary N) is 1. The zero-order valence-corrected chi connectivity index (χ0v) is 20.3. The van der Waals surface area contributed by atoms with Gasteiger partial charge in [-0.1, -0.05) is 32.1 Å². The number of amides is 1. The highest BCUT2D eigenvalue weighted by Gasteiger charge is 2.23. The van der Waals surface area contributed by atoms with Gasteiger partial charge in [-0.3, -0.25) is 14.7 Å². The fourth-order valence-electron chi connectivity index (χ4n) is 4.08. The van der Waals surface area contributed by atoms with Crippen LogP contribution in [0.4, 0.5) is 5.69 Å². The van der Waals surface area contributed by atoms with Gasteiger partial charge in [-0.25, -0.2) is 8.42 Å². The molecule has 0 bridgehead atoms. The summed E-state index contributed by atoms with van der Waals surface area (Å²) < 4.78 is 24.0. The van der Waals surface area contributed by atoms with Crippen LogP contribution in [-0.2, 0) is 14.6 Å². The normalized spacial score (nSPS) is 20.9. The number of likely N-dealkylation sites (N-methyl/N-ethyl adjacent to an activating group) is 1. The molecule has 1 fully saturated rings. The van der Waals surface area contributed by atoms with Gasteiger partial charge in [-0.15, -0.1) is 0 Å². The summed E-state index contributed by atoms with van der Waals surface area (Å²) in [6.07, 6.45) is 9.55. The maximum atomic E-state index is 12.2. The number of carbonyl (C=O) groups is 1. The predicted octanol–water partition coefficient (Wildman–Crippen LogP) is 2.58. The van der Waals surface area contributed by atoms with Crippen molar-refractivity contribution in [3.63, 3.8) is 0 Å². The molecule has 2 heterocycles. The largest absolute Gasteiger partial charge is 0.365 e. The second-order valence-electron chi connectivity index (χ2n) is 8.22. The van der Waals surface area contributed by atoms with Crippen molar-refractivity contribution >= 4 is 27.3 Å². The van der Waals surface area contributed by atoms with Gasteiger partial charge in [0.05, 0.1) is 17.0 Å². The molecule has 4 N–H and O–H groups in total. The van der Waals surface area contributed by atoms with Crippen LogP contribution in [0.25, 0.3) is 0 Å². The fourth-order valence-corrected chi connectivity index (χ4v) is 4.75. The number of allylic oxidation sites excluding steroid dienone is 2. The Hall–Kier alpha value is -2.91. The minimum atomic E-state index is -3.38. The lowest BCUT2D eigenvalue weighted by atomic mass is 10.1. The van der Waals surface area contributed by atoms with Crippen LogP contribution in [0.3, 0.4) is 0 Å². The quantitative estimate of drug-likeness (QED) is 0.537. The minimum absolute atomic E-state index is 0.180. The van der Waals surface area contributed by atoms with Gasteiger partial charge in [0.1, 0.15) is 11.7 Å². The summed E-state index contributed by atoms with van der Waals surface area (Å²) in [6, 6.07) is 6.83. The third-order valence-electron chi connectivity index (χ3n) is 5.92. The molecule has 2 aliphatic rings. The van der Waals surface area contributed by atoms with Crippen molar-refractivity contribution in [1.29, 1.82) is 0 Å². The number of carbonyl (C=O) groups excluding carboxylic acids is 1. The molecular formula is C24H33N5O3S. The Balaban J connectivity index is 1.96. The number of hydrogen-bond acceptors (Lipinski definition) is 6. The Morgan fingerprint density at radius 1 is 1.33 bits per heavy atom. The molecule has 178 valence electrons. The van der Waals surface area contributed by atoms with Crippen LogP contribution >= 0.6 is 0 Å². The van der Waals surface area contributed by atoms with Crippen molar-refractivity contribution in [2.24, 2.45) is 10.7 Å². The van der Waals surface area contributed by atoms with Crippen LogP contribution < -0.4 is 16.4 Å². The molecule has 0 aromatic heterocycles. The third-order valence-corrected chi connectivity index (χ3v) is 7.03. The van der Waals surface area contributed by atoms with E-state index in [1.807, 2.05) is 13.0 Å². The highest BCUT2D eigenvalue weighted by Crippen LogP contribution is 2.21. The summed E-state index contributed by atoms with van der Waals surface area (Å²) in [5, 5.41) is 6.43. The summed E-state index contributed by atoms with van der Waals surface area (Å²) >= 11 is 0. The Bertz CT molecular complexity index is 1120. The standard InChI is InChI=1S/C24H33N5O3S/c1-4-17-9-6-13-21(22(25)30)24(27-18-10-7-12-20(15-18)33(3,31)32)28-23(17)26-16-19-11-8-14-29(19)5-2/h6-7,9-10,12-13,15,19H,4-5,8,11,14,16H2,1-3H3,(H2,25,30)(H2,26,27,28). The van der Waals surface area contributed by atoms with Gasteiger partial charge in [-0.2, -0.15) is 0 Å². The molecule has 0 radical (unpaired) electrons. The monoisotopic (exact) mass is 471 g/mol. The molecule has 3 rings (SSSR count). The molecule has 1 atom stereocenters. The molecule has 33 heavy (non-hydrogen) atoms. The number of primary amides is 1. The van der Waals surface area contributed by atoms with E-state index in [-0.39, 0.29) is 10.5 Å². The highest BCUT2D eigenvalue weighted by atomic mass is 32.2. The van der Waals surface area contributed by atoms with Crippen LogP contribution in [0.1, 0.15) is 33.1 Å². The highest BCUT2D eigenvalue weighted by molar-refractivity contribution is 7.90. The summed E-state index contributed by atoms with van der Waals surface area (Å²) in [5.74, 6) is 0.424. The Labute approximate surface area is 196 Å². The van der Waals surface area contributed by atoms with E-state index in [4.69, 9.17) is 10.7 Å². The number of amidine groups is 1. The number of rotatable bonds is 8. The molecule has 1 aromatic carbocycles. The first-order valence-corrected chi connectivity index (χ1v) is 13.2. The van der Waals surface area contributed by atoms with Crippen molar-refractivity contribution in [2.75, 3.05) is 31.2 Å². The van der Waals surface area contributed by atoms with E-state index in [2.05, 4.69) is 22.5 Å². The van der Waals surface area contributed by atoms with Crippen LogP contribution in [-0.4, -0.2) is 57.0 Å². The van der Waals surface area contributed by atoms with Crippen molar-refractivity contribution in [2.45, 2.75) is 44.0 Å². The number of aliphatic imine (C=N–C) groups is 1. The molecule has 8 nitrogen and oxygen atoms in total. The van der Waals surface area contributed by atoms with Gasteiger partial charge in [0.25, 0.3) is 5.91 Å². The average Bonchev–Trinajstić information content (AvgIpc) is 3.22. The molecular weight excluding hydrogens is 438 g/mol. The second-order valence-corrected chi connectivity index (χ2v) is 10.2. The maximum absolute atomic E-state index is 12.2. The van der Waals surface area contributed by atoms with E-state index in [1.165, 1.54) is 18.6 Å². The summed E-state index contributed by atoms with van der Waals surface area (Å²) in [6.45, 7) is 6.95. The lowest BCUT2D eigenvalue weighted by Crippen LogP contribution is -2.35. The summed E-state index contributed by atoms with van der Waals surface area (Å²) in [7, 11) is -3.38. The molecule has 0 saturated carbocycles. The second kappa shape index (κ2) is 10.8. The minimum Gasteiger partial charge on any atom is -0.365 e. The summed E-state index contributed by atoms with van der Waals surface area (Å²) in [4.78, 5) is 19.7. The SMILES string of the molecule is CCC1=CC=CC(C(N)=O)=C(Nc2cccc(S(C)(=O)=O)c2)NC1=NCC1CCCN1CC. The van der Waals surface area contributed by atoms with Crippen molar-refractivity contribution in [1.82, 2.24) is 10.2 Å². The van der Waals surface area contributed by atoms with Gasteiger partial charge in [0.15, 0.2) is 9.84 Å². The zero-order chi connectivity index (χ0) is 24.0. The number of likely N-dealkylation sites (tertiary alicyclic amines) is 1. The van der Waals surface area contributed by atoms with Crippen molar-refractivity contribution in [3.05, 3.63) is 59.5 Å². The third kappa shape index (κ3) is 6.33. The number of nitrogens with one attached hydrogen (secondary N) is 2. The first-order chi connectivity index (χ1) is 15.7. The van der Waals surface area contributed by atoms with Crippen LogP contribution in [0, 0.1) is 0 Å². The molecule has 1 amide bonds. The van der Waals surface area contributed by atoms with E-state index in [0.29, 0.717) is 29.9 Å². The van der Waals surface area contributed by atoms with Crippen LogP contribution in [0.5, 0.6) is 0 Å².